The highest BCUT2D eigenvalue weighted by Crippen LogP contribution is 2.17. The number of amides is 2. The van der Waals surface area contributed by atoms with Crippen LogP contribution in [0.15, 0.2) is 42.7 Å². The number of hydrogen-bond donors (Lipinski definition) is 1. The van der Waals surface area contributed by atoms with Crippen LogP contribution in [0.1, 0.15) is 15.9 Å². The highest BCUT2D eigenvalue weighted by atomic mass is 16.5. The van der Waals surface area contributed by atoms with Gasteiger partial charge in [-0.25, -0.2) is 0 Å². The maximum absolute atomic E-state index is 12.4. The molecule has 1 aliphatic heterocycles. The number of benzene rings is 1. The fraction of sp³-hybridized carbons (Fsp3) is 0.316. The van der Waals surface area contributed by atoms with Crippen LogP contribution in [0.4, 0.5) is 5.69 Å². The maximum atomic E-state index is 12.4. The third-order valence-electron chi connectivity index (χ3n) is 4.43. The Hall–Kier alpha value is -3.09. The lowest BCUT2D eigenvalue weighted by Crippen LogP contribution is -2.45. The Morgan fingerprint density at radius 2 is 1.92 bits per heavy atom. The molecule has 1 aromatic heterocycles. The van der Waals surface area contributed by atoms with Gasteiger partial charge < -0.3 is 19.9 Å². The molecule has 2 amide bonds. The highest BCUT2D eigenvalue weighted by molar-refractivity contribution is 5.94. The van der Waals surface area contributed by atoms with Crippen molar-refractivity contribution < 1.29 is 14.3 Å². The van der Waals surface area contributed by atoms with E-state index in [0.717, 1.165) is 36.5 Å². The second kappa shape index (κ2) is 8.33. The third-order valence-corrected chi connectivity index (χ3v) is 4.43. The molecule has 2 heterocycles. The van der Waals surface area contributed by atoms with Crippen molar-refractivity contribution in [2.24, 2.45) is 0 Å². The summed E-state index contributed by atoms with van der Waals surface area (Å²) in [6, 6.07) is 9.40. The van der Waals surface area contributed by atoms with Gasteiger partial charge in [-0.05, 0) is 23.8 Å². The van der Waals surface area contributed by atoms with Gasteiger partial charge in [0.2, 0.25) is 6.41 Å². The summed E-state index contributed by atoms with van der Waals surface area (Å²) in [6.07, 6.45) is 4.18. The summed E-state index contributed by atoms with van der Waals surface area (Å²) in [5, 5.41) is 2.91. The second-order valence-corrected chi connectivity index (χ2v) is 6.09. The number of nitrogens with zero attached hydrogens (tertiary/aromatic N) is 3. The number of piperazine rings is 1. The number of nitrogens with one attached hydrogen (secondary N) is 1. The molecule has 0 saturated carbocycles. The Morgan fingerprint density at radius 1 is 1.19 bits per heavy atom. The number of methoxy groups -OCH3 is 1. The topological polar surface area (TPSA) is 74.8 Å². The van der Waals surface area contributed by atoms with Crippen molar-refractivity contribution in [3.8, 4) is 5.75 Å². The van der Waals surface area contributed by atoms with Crippen LogP contribution in [-0.2, 0) is 11.3 Å². The molecule has 1 aliphatic rings. The van der Waals surface area contributed by atoms with Crippen LogP contribution >= 0.6 is 0 Å². The lowest BCUT2D eigenvalue weighted by atomic mass is 10.2. The van der Waals surface area contributed by atoms with Crippen LogP contribution in [0.3, 0.4) is 0 Å². The van der Waals surface area contributed by atoms with Crippen molar-refractivity contribution in [2.45, 2.75) is 6.54 Å². The van der Waals surface area contributed by atoms with Gasteiger partial charge in [-0.3, -0.25) is 14.6 Å². The number of ether oxygens (including phenoxy) is 1. The standard InChI is InChI=1S/C19H22N4O3/c1-26-18-4-2-15(3-5-18)11-21-19(25)16-10-17(13-20-12-16)23-8-6-22(14-24)7-9-23/h2-5,10,12-14H,6-9,11H2,1H3,(H,21,25). The maximum Gasteiger partial charge on any atom is 0.253 e. The molecule has 0 unspecified atom stereocenters. The minimum atomic E-state index is -0.165. The molecule has 0 spiro atoms. The van der Waals surface area contributed by atoms with E-state index in [1.807, 2.05) is 30.3 Å². The Bertz CT molecular complexity index is 756. The fourth-order valence-electron chi connectivity index (χ4n) is 2.84. The number of anilines is 1. The van der Waals surface area contributed by atoms with Gasteiger partial charge in [0.25, 0.3) is 5.91 Å². The number of hydrogen-bond acceptors (Lipinski definition) is 5. The minimum Gasteiger partial charge on any atom is -0.497 e. The van der Waals surface area contributed by atoms with Crippen molar-refractivity contribution in [2.75, 3.05) is 38.2 Å². The largest absolute Gasteiger partial charge is 0.497 e. The first-order chi connectivity index (χ1) is 12.7. The molecule has 0 aliphatic carbocycles. The summed E-state index contributed by atoms with van der Waals surface area (Å²) in [6.45, 7) is 3.26. The van der Waals surface area contributed by atoms with Crippen molar-refractivity contribution in [1.29, 1.82) is 0 Å². The second-order valence-electron chi connectivity index (χ2n) is 6.09. The first-order valence-corrected chi connectivity index (χ1v) is 8.50. The van der Waals surface area contributed by atoms with Crippen LogP contribution in [-0.4, -0.2) is 55.5 Å². The predicted molar refractivity (Wildman–Crippen MR) is 98.3 cm³/mol. The Morgan fingerprint density at radius 3 is 2.58 bits per heavy atom. The zero-order valence-corrected chi connectivity index (χ0v) is 14.7. The average molecular weight is 354 g/mol. The molecule has 1 aromatic carbocycles. The molecule has 3 rings (SSSR count). The van der Waals surface area contributed by atoms with E-state index in [0.29, 0.717) is 25.2 Å². The van der Waals surface area contributed by atoms with E-state index >= 15 is 0 Å². The van der Waals surface area contributed by atoms with Gasteiger partial charge in [0.05, 0.1) is 24.6 Å². The van der Waals surface area contributed by atoms with E-state index in [9.17, 15) is 9.59 Å². The molecular formula is C19H22N4O3. The van der Waals surface area contributed by atoms with E-state index in [1.165, 1.54) is 0 Å². The zero-order valence-electron chi connectivity index (χ0n) is 14.7. The van der Waals surface area contributed by atoms with Gasteiger partial charge in [-0.1, -0.05) is 12.1 Å². The van der Waals surface area contributed by atoms with Crippen molar-refractivity contribution in [1.82, 2.24) is 15.2 Å². The SMILES string of the molecule is COc1ccc(CNC(=O)c2cncc(N3CCN(C=O)CC3)c2)cc1. The first kappa shape index (κ1) is 17.7. The normalized spacial score (nSPS) is 14.0. The van der Waals surface area contributed by atoms with Gasteiger partial charge in [0.15, 0.2) is 0 Å². The number of aromatic nitrogens is 1. The quantitative estimate of drug-likeness (QED) is 0.792. The monoisotopic (exact) mass is 354 g/mol. The van der Waals surface area contributed by atoms with E-state index in [4.69, 9.17) is 4.74 Å². The Labute approximate surface area is 152 Å². The molecular weight excluding hydrogens is 332 g/mol. The lowest BCUT2D eigenvalue weighted by molar-refractivity contribution is -0.118. The molecule has 26 heavy (non-hydrogen) atoms. The summed E-state index contributed by atoms with van der Waals surface area (Å²) in [5.74, 6) is 0.619. The Balaban J connectivity index is 1.60. The zero-order chi connectivity index (χ0) is 18.4. The van der Waals surface area contributed by atoms with Crippen LogP contribution < -0.4 is 15.0 Å². The summed E-state index contributed by atoms with van der Waals surface area (Å²) in [4.78, 5) is 31.3. The van der Waals surface area contributed by atoms with Gasteiger partial charge in [0, 0.05) is 38.9 Å². The van der Waals surface area contributed by atoms with Gasteiger partial charge >= 0.3 is 0 Å². The molecule has 1 N–H and O–H groups in total. The first-order valence-electron chi connectivity index (χ1n) is 8.50. The highest BCUT2D eigenvalue weighted by Gasteiger charge is 2.17. The summed E-state index contributed by atoms with van der Waals surface area (Å²) >= 11 is 0. The van der Waals surface area contributed by atoms with Crippen LogP contribution in [0.5, 0.6) is 5.75 Å². The number of carbonyl (C=O) groups is 2. The molecule has 1 fully saturated rings. The molecule has 7 heteroatoms. The molecule has 7 nitrogen and oxygen atoms in total. The van der Waals surface area contributed by atoms with Crippen molar-refractivity contribution in [3.05, 3.63) is 53.9 Å². The summed E-state index contributed by atoms with van der Waals surface area (Å²) in [5.41, 5.74) is 2.41. The van der Waals surface area contributed by atoms with E-state index < -0.39 is 0 Å². The molecule has 2 aromatic rings. The van der Waals surface area contributed by atoms with Crippen LogP contribution in [0.2, 0.25) is 0 Å². The predicted octanol–water partition coefficient (Wildman–Crippen LogP) is 1.30. The number of pyridine rings is 1. The average Bonchev–Trinajstić information content (AvgIpc) is 2.72. The van der Waals surface area contributed by atoms with Crippen LogP contribution in [0.25, 0.3) is 0 Å². The van der Waals surface area contributed by atoms with Gasteiger partial charge in [-0.15, -0.1) is 0 Å². The van der Waals surface area contributed by atoms with Gasteiger partial charge in [-0.2, -0.15) is 0 Å². The molecule has 0 atom stereocenters. The Kier molecular flexibility index (Phi) is 5.68. The van der Waals surface area contributed by atoms with E-state index in [2.05, 4.69) is 15.2 Å². The van der Waals surface area contributed by atoms with E-state index in [1.54, 1.807) is 24.4 Å². The molecule has 1 saturated heterocycles. The fourth-order valence-corrected chi connectivity index (χ4v) is 2.84. The summed E-state index contributed by atoms with van der Waals surface area (Å²) < 4.78 is 5.13. The summed E-state index contributed by atoms with van der Waals surface area (Å²) in [7, 11) is 1.62. The lowest BCUT2D eigenvalue weighted by Gasteiger charge is -2.34. The van der Waals surface area contributed by atoms with Crippen molar-refractivity contribution in [3.63, 3.8) is 0 Å². The van der Waals surface area contributed by atoms with Crippen molar-refractivity contribution >= 4 is 18.0 Å². The molecule has 0 radical (unpaired) electrons. The smallest absolute Gasteiger partial charge is 0.253 e. The van der Waals surface area contributed by atoms with Crippen LogP contribution in [0, 0.1) is 0 Å². The third kappa shape index (κ3) is 4.30. The van der Waals surface area contributed by atoms with E-state index in [-0.39, 0.29) is 5.91 Å². The number of rotatable bonds is 6. The molecule has 136 valence electrons. The van der Waals surface area contributed by atoms with Gasteiger partial charge in [0.1, 0.15) is 5.75 Å². The molecule has 0 bridgehead atoms. The number of carbonyl (C=O) groups excluding carboxylic acids is 2. The minimum absolute atomic E-state index is 0.165.